The number of likely N-dealkylation sites (tertiary alicyclic amines) is 1. The second-order valence-corrected chi connectivity index (χ2v) is 5.05. The average molecular weight is 252 g/mol. The molecule has 0 radical (unpaired) electrons. The van der Waals surface area contributed by atoms with E-state index in [2.05, 4.69) is 11.9 Å². The fourth-order valence-electron chi connectivity index (χ4n) is 2.34. The van der Waals surface area contributed by atoms with Crippen molar-refractivity contribution >= 4 is 0 Å². The van der Waals surface area contributed by atoms with E-state index in [0.717, 1.165) is 25.9 Å². The first-order valence-corrected chi connectivity index (χ1v) is 6.48. The summed E-state index contributed by atoms with van der Waals surface area (Å²) in [5.74, 6) is 0.446. The average Bonchev–Trinajstić information content (AvgIpc) is 2.38. The summed E-state index contributed by atoms with van der Waals surface area (Å²) in [6.45, 7) is 2.55. The molecule has 1 unspecified atom stereocenters. The van der Waals surface area contributed by atoms with E-state index in [-0.39, 0.29) is 11.9 Å². The van der Waals surface area contributed by atoms with Crippen LogP contribution in [0.1, 0.15) is 12.8 Å². The Kier molecular flexibility index (Phi) is 4.55. The minimum Gasteiger partial charge on any atom is -0.489 e. The lowest BCUT2D eigenvalue weighted by atomic mass is 9.90. The fourth-order valence-corrected chi connectivity index (χ4v) is 2.34. The molecule has 2 N–H and O–H groups in total. The van der Waals surface area contributed by atoms with Gasteiger partial charge in [0.15, 0.2) is 11.6 Å². The lowest BCUT2D eigenvalue weighted by Crippen LogP contribution is -2.42. The lowest BCUT2D eigenvalue weighted by molar-refractivity contribution is 0.164. The summed E-state index contributed by atoms with van der Waals surface area (Å²) in [7, 11) is 2.12. The van der Waals surface area contributed by atoms with Gasteiger partial charge in [0.25, 0.3) is 0 Å². The molecular weight excluding hydrogens is 231 g/mol. The molecular formula is C14H21FN2O. The number of benzene rings is 1. The zero-order valence-electron chi connectivity index (χ0n) is 10.8. The van der Waals surface area contributed by atoms with Crippen molar-refractivity contribution in [2.75, 3.05) is 26.7 Å². The molecule has 1 saturated heterocycles. The predicted molar refractivity (Wildman–Crippen MR) is 70.1 cm³/mol. The summed E-state index contributed by atoms with van der Waals surface area (Å²) in [5.41, 5.74) is 6.13. The van der Waals surface area contributed by atoms with E-state index in [1.807, 2.05) is 0 Å². The highest BCUT2D eigenvalue weighted by molar-refractivity contribution is 5.23. The van der Waals surface area contributed by atoms with Crippen LogP contribution in [0.25, 0.3) is 0 Å². The number of nitrogens with zero attached hydrogens (tertiary/aromatic N) is 1. The number of para-hydroxylation sites is 1. The Bertz CT molecular complexity index is 378. The molecule has 1 fully saturated rings. The van der Waals surface area contributed by atoms with Crippen LogP contribution in [-0.2, 0) is 0 Å². The molecule has 2 rings (SSSR count). The topological polar surface area (TPSA) is 38.5 Å². The van der Waals surface area contributed by atoms with Crippen molar-refractivity contribution in [2.24, 2.45) is 11.7 Å². The van der Waals surface area contributed by atoms with Gasteiger partial charge in [-0.05, 0) is 51.0 Å². The van der Waals surface area contributed by atoms with Crippen molar-refractivity contribution in [3.63, 3.8) is 0 Å². The Morgan fingerprint density at radius 1 is 1.39 bits per heavy atom. The normalized spacial score (nSPS) is 19.7. The van der Waals surface area contributed by atoms with Gasteiger partial charge in [-0.15, -0.1) is 0 Å². The van der Waals surface area contributed by atoms with Gasteiger partial charge >= 0.3 is 0 Å². The zero-order valence-corrected chi connectivity index (χ0v) is 10.8. The smallest absolute Gasteiger partial charge is 0.165 e. The maximum atomic E-state index is 13.4. The van der Waals surface area contributed by atoms with Crippen LogP contribution in [0.4, 0.5) is 4.39 Å². The van der Waals surface area contributed by atoms with Gasteiger partial charge in [0.2, 0.25) is 0 Å². The number of halogens is 1. The first-order valence-electron chi connectivity index (χ1n) is 6.48. The molecule has 0 aliphatic carbocycles. The van der Waals surface area contributed by atoms with Gasteiger partial charge in [0, 0.05) is 6.04 Å². The Labute approximate surface area is 108 Å². The fraction of sp³-hybridized carbons (Fsp3) is 0.571. The SMILES string of the molecule is CN1CCC(C(N)COc2ccccc2F)CC1. The van der Waals surface area contributed by atoms with Gasteiger partial charge in [-0.1, -0.05) is 12.1 Å². The maximum absolute atomic E-state index is 13.4. The molecule has 0 bridgehead atoms. The summed E-state index contributed by atoms with van der Waals surface area (Å²) in [6.07, 6.45) is 2.19. The molecule has 0 aromatic heterocycles. The third kappa shape index (κ3) is 3.43. The first-order chi connectivity index (χ1) is 8.66. The summed E-state index contributed by atoms with van der Waals surface area (Å²) in [4.78, 5) is 2.31. The van der Waals surface area contributed by atoms with Crippen LogP contribution >= 0.6 is 0 Å². The third-order valence-electron chi connectivity index (χ3n) is 3.64. The molecule has 1 aromatic carbocycles. The first kappa shape index (κ1) is 13.3. The molecule has 1 aliphatic rings. The molecule has 1 aromatic rings. The van der Waals surface area contributed by atoms with E-state index in [1.54, 1.807) is 18.2 Å². The molecule has 0 saturated carbocycles. The van der Waals surface area contributed by atoms with Crippen molar-refractivity contribution in [1.82, 2.24) is 4.90 Å². The van der Waals surface area contributed by atoms with Gasteiger partial charge in [0.05, 0.1) is 0 Å². The monoisotopic (exact) mass is 252 g/mol. The highest BCUT2D eigenvalue weighted by Gasteiger charge is 2.23. The van der Waals surface area contributed by atoms with Gasteiger partial charge in [-0.25, -0.2) is 4.39 Å². The molecule has 3 nitrogen and oxygen atoms in total. The number of nitrogens with two attached hydrogens (primary N) is 1. The summed E-state index contributed by atoms with van der Waals surface area (Å²) in [5, 5.41) is 0. The van der Waals surface area contributed by atoms with Crippen molar-refractivity contribution in [3.05, 3.63) is 30.1 Å². The van der Waals surface area contributed by atoms with Gasteiger partial charge in [-0.3, -0.25) is 0 Å². The highest BCUT2D eigenvalue weighted by Crippen LogP contribution is 2.20. The second kappa shape index (κ2) is 6.16. The van der Waals surface area contributed by atoms with Crippen LogP contribution in [0.5, 0.6) is 5.75 Å². The second-order valence-electron chi connectivity index (χ2n) is 5.05. The van der Waals surface area contributed by atoms with Crippen molar-refractivity contribution < 1.29 is 9.13 Å². The van der Waals surface area contributed by atoms with E-state index >= 15 is 0 Å². The van der Waals surface area contributed by atoms with Crippen LogP contribution in [0, 0.1) is 11.7 Å². The van der Waals surface area contributed by atoms with Crippen LogP contribution in [0.2, 0.25) is 0 Å². The van der Waals surface area contributed by atoms with Gasteiger partial charge in [-0.2, -0.15) is 0 Å². The number of piperidine rings is 1. The highest BCUT2D eigenvalue weighted by atomic mass is 19.1. The largest absolute Gasteiger partial charge is 0.489 e. The minimum atomic E-state index is -0.326. The number of rotatable bonds is 4. The Balaban J connectivity index is 1.81. The van der Waals surface area contributed by atoms with E-state index < -0.39 is 0 Å². The minimum absolute atomic E-state index is 0.0155. The van der Waals surface area contributed by atoms with E-state index in [1.165, 1.54) is 6.07 Å². The molecule has 1 heterocycles. The van der Waals surface area contributed by atoms with Crippen molar-refractivity contribution in [3.8, 4) is 5.75 Å². The summed E-state index contributed by atoms with van der Waals surface area (Å²) < 4.78 is 18.8. The molecule has 1 aliphatic heterocycles. The molecule has 18 heavy (non-hydrogen) atoms. The molecule has 0 spiro atoms. The van der Waals surface area contributed by atoms with Crippen LogP contribution in [0.3, 0.4) is 0 Å². The standard InChI is InChI=1S/C14H21FN2O/c1-17-8-6-11(7-9-17)13(16)10-18-14-5-3-2-4-12(14)15/h2-5,11,13H,6-10,16H2,1H3. The van der Waals surface area contributed by atoms with E-state index in [0.29, 0.717) is 18.3 Å². The maximum Gasteiger partial charge on any atom is 0.165 e. The molecule has 0 amide bonds. The quantitative estimate of drug-likeness (QED) is 0.889. The van der Waals surface area contributed by atoms with E-state index in [4.69, 9.17) is 10.5 Å². The summed E-state index contributed by atoms with van der Waals surface area (Å²) in [6, 6.07) is 6.43. The Hall–Kier alpha value is -1.13. The predicted octanol–water partition coefficient (Wildman–Crippen LogP) is 1.87. The van der Waals surface area contributed by atoms with Crippen LogP contribution in [-0.4, -0.2) is 37.7 Å². The van der Waals surface area contributed by atoms with Crippen molar-refractivity contribution in [2.45, 2.75) is 18.9 Å². The molecule has 1 atom stereocenters. The number of hydrogen-bond donors (Lipinski definition) is 1. The number of ether oxygens (including phenoxy) is 1. The van der Waals surface area contributed by atoms with E-state index in [9.17, 15) is 4.39 Å². The Morgan fingerprint density at radius 2 is 2.06 bits per heavy atom. The van der Waals surface area contributed by atoms with Crippen LogP contribution in [0.15, 0.2) is 24.3 Å². The van der Waals surface area contributed by atoms with Crippen LogP contribution < -0.4 is 10.5 Å². The molecule has 4 heteroatoms. The zero-order chi connectivity index (χ0) is 13.0. The van der Waals surface area contributed by atoms with Gasteiger partial charge < -0.3 is 15.4 Å². The third-order valence-corrected chi connectivity index (χ3v) is 3.64. The number of hydrogen-bond acceptors (Lipinski definition) is 3. The Morgan fingerprint density at radius 3 is 2.72 bits per heavy atom. The van der Waals surface area contributed by atoms with Gasteiger partial charge in [0.1, 0.15) is 6.61 Å². The summed E-state index contributed by atoms with van der Waals surface area (Å²) >= 11 is 0. The molecule has 100 valence electrons. The van der Waals surface area contributed by atoms with Crippen molar-refractivity contribution in [1.29, 1.82) is 0 Å². The lowest BCUT2D eigenvalue weighted by Gasteiger charge is -2.32.